The van der Waals surface area contributed by atoms with Gasteiger partial charge in [-0.3, -0.25) is 9.69 Å². The average molecular weight is 334 g/mol. The summed E-state index contributed by atoms with van der Waals surface area (Å²) in [5, 5.41) is 3.36. The highest BCUT2D eigenvalue weighted by molar-refractivity contribution is 5.82. The van der Waals surface area contributed by atoms with Crippen molar-refractivity contribution in [1.29, 1.82) is 0 Å². The van der Waals surface area contributed by atoms with Crippen molar-refractivity contribution in [1.82, 2.24) is 15.1 Å². The number of anilines is 1. The van der Waals surface area contributed by atoms with E-state index in [1.807, 2.05) is 4.90 Å². The Balaban J connectivity index is 1.54. The molecule has 1 aromatic rings. The van der Waals surface area contributed by atoms with E-state index in [0.717, 1.165) is 51.5 Å². The Morgan fingerprint density at radius 3 is 2.42 bits per heavy atom. The lowest BCUT2D eigenvalue weighted by molar-refractivity contribution is -0.135. The second-order valence-corrected chi connectivity index (χ2v) is 6.88. The maximum atomic E-state index is 13.0. The van der Waals surface area contributed by atoms with Crippen molar-refractivity contribution >= 4 is 11.6 Å². The molecular formula is C18H27FN4O. The smallest absolute Gasteiger partial charge is 0.241 e. The fraction of sp³-hybridized carbons (Fsp3) is 0.611. The van der Waals surface area contributed by atoms with Gasteiger partial charge in [0.05, 0.1) is 6.04 Å². The van der Waals surface area contributed by atoms with Crippen molar-refractivity contribution in [3.63, 3.8) is 0 Å². The van der Waals surface area contributed by atoms with Crippen LogP contribution >= 0.6 is 0 Å². The predicted molar refractivity (Wildman–Crippen MR) is 93.7 cm³/mol. The lowest BCUT2D eigenvalue weighted by Crippen LogP contribution is -2.61. The van der Waals surface area contributed by atoms with Gasteiger partial charge in [-0.2, -0.15) is 0 Å². The number of benzene rings is 1. The van der Waals surface area contributed by atoms with Crippen LogP contribution in [0.2, 0.25) is 0 Å². The molecule has 0 aromatic heterocycles. The van der Waals surface area contributed by atoms with Crippen LogP contribution in [0, 0.1) is 5.82 Å². The summed E-state index contributed by atoms with van der Waals surface area (Å²) in [6.07, 6.45) is 0. The lowest BCUT2D eigenvalue weighted by Gasteiger charge is -2.40. The molecule has 3 rings (SSSR count). The summed E-state index contributed by atoms with van der Waals surface area (Å²) in [5.74, 6) is -0.00949. The van der Waals surface area contributed by atoms with Crippen LogP contribution < -0.4 is 10.2 Å². The molecule has 2 heterocycles. The molecule has 6 heteroatoms. The third kappa shape index (κ3) is 3.87. The first kappa shape index (κ1) is 17.2. The van der Waals surface area contributed by atoms with Gasteiger partial charge in [-0.25, -0.2) is 4.39 Å². The minimum atomic E-state index is -0.217. The highest BCUT2D eigenvalue weighted by Crippen LogP contribution is 2.17. The van der Waals surface area contributed by atoms with Crippen molar-refractivity contribution in [3.8, 4) is 0 Å². The van der Waals surface area contributed by atoms with E-state index in [4.69, 9.17) is 0 Å². The Morgan fingerprint density at radius 1 is 1.12 bits per heavy atom. The summed E-state index contributed by atoms with van der Waals surface area (Å²) in [6.45, 7) is 10.0. The van der Waals surface area contributed by atoms with Crippen molar-refractivity contribution in [3.05, 3.63) is 30.1 Å². The van der Waals surface area contributed by atoms with Crippen molar-refractivity contribution in [2.24, 2.45) is 0 Å². The molecule has 2 saturated heterocycles. The lowest BCUT2D eigenvalue weighted by atomic mass is 10.1. The summed E-state index contributed by atoms with van der Waals surface area (Å²) in [7, 11) is 0. The summed E-state index contributed by atoms with van der Waals surface area (Å²) in [5.41, 5.74) is 1.02. The number of piperazine rings is 2. The Labute approximate surface area is 143 Å². The molecule has 24 heavy (non-hydrogen) atoms. The van der Waals surface area contributed by atoms with Gasteiger partial charge in [0.25, 0.3) is 0 Å². The number of rotatable bonds is 3. The van der Waals surface area contributed by atoms with Crippen LogP contribution in [-0.4, -0.2) is 73.6 Å². The quantitative estimate of drug-likeness (QED) is 0.900. The number of hydrogen-bond acceptors (Lipinski definition) is 4. The maximum absolute atomic E-state index is 13.0. The van der Waals surface area contributed by atoms with Gasteiger partial charge in [-0.05, 0) is 38.1 Å². The monoisotopic (exact) mass is 334 g/mol. The Hall–Kier alpha value is -1.66. The van der Waals surface area contributed by atoms with Crippen molar-refractivity contribution in [2.45, 2.75) is 25.9 Å². The number of halogens is 1. The minimum Gasteiger partial charge on any atom is -0.368 e. The molecule has 1 N–H and O–H groups in total. The van der Waals surface area contributed by atoms with Gasteiger partial charge in [-0.15, -0.1) is 0 Å². The van der Waals surface area contributed by atoms with E-state index in [9.17, 15) is 9.18 Å². The van der Waals surface area contributed by atoms with E-state index in [1.54, 1.807) is 12.1 Å². The molecule has 1 aromatic carbocycles. The molecular weight excluding hydrogens is 307 g/mol. The van der Waals surface area contributed by atoms with E-state index in [2.05, 4.69) is 29.0 Å². The predicted octanol–water partition coefficient (Wildman–Crippen LogP) is 1.16. The number of amides is 1. The zero-order valence-corrected chi connectivity index (χ0v) is 14.5. The topological polar surface area (TPSA) is 38.8 Å². The molecule has 0 saturated carbocycles. The van der Waals surface area contributed by atoms with Gasteiger partial charge in [0.2, 0.25) is 5.91 Å². The molecule has 0 aliphatic carbocycles. The SMILES string of the molecule is CC(C)N1CCNC(C(=O)N2CCN(c3ccc(F)cc3)CC2)C1. The number of nitrogens with one attached hydrogen (secondary N) is 1. The summed E-state index contributed by atoms with van der Waals surface area (Å²) in [6, 6.07) is 6.95. The zero-order chi connectivity index (χ0) is 17.1. The van der Waals surface area contributed by atoms with Gasteiger partial charge in [0, 0.05) is 57.5 Å². The van der Waals surface area contributed by atoms with Gasteiger partial charge in [0.15, 0.2) is 0 Å². The first-order chi connectivity index (χ1) is 11.5. The molecule has 0 radical (unpaired) electrons. The number of carbonyl (C=O) groups is 1. The molecule has 5 nitrogen and oxygen atoms in total. The fourth-order valence-electron chi connectivity index (χ4n) is 3.46. The molecule has 2 aliphatic rings. The maximum Gasteiger partial charge on any atom is 0.241 e. The first-order valence-corrected chi connectivity index (χ1v) is 8.81. The van der Waals surface area contributed by atoms with E-state index in [-0.39, 0.29) is 17.8 Å². The minimum absolute atomic E-state index is 0.0986. The Bertz CT molecular complexity index is 555. The van der Waals surface area contributed by atoms with Gasteiger partial charge < -0.3 is 15.1 Å². The standard InChI is InChI=1S/C18H27FN4O/c1-14(2)23-8-7-20-17(13-23)18(24)22-11-9-21(10-12-22)16-5-3-15(19)4-6-16/h3-6,14,17,20H,7-13H2,1-2H3. The number of nitrogens with zero attached hydrogens (tertiary/aromatic N) is 3. The second kappa shape index (κ2) is 7.49. The number of hydrogen-bond donors (Lipinski definition) is 1. The third-order valence-electron chi connectivity index (χ3n) is 5.02. The zero-order valence-electron chi connectivity index (χ0n) is 14.5. The molecule has 2 fully saturated rings. The largest absolute Gasteiger partial charge is 0.368 e. The molecule has 0 bridgehead atoms. The highest BCUT2D eigenvalue weighted by atomic mass is 19.1. The second-order valence-electron chi connectivity index (χ2n) is 6.88. The van der Waals surface area contributed by atoms with Gasteiger partial charge in [0.1, 0.15) is 5.82 Å². The van der Waals surface area contributed by atoms with Crippen molar-refractivity contribution in [2.75, 3.05) is 50.7 Å². The van der Waals surface area contributed by atoms with E-state index < -0.39 is 0 Å². The van der Waals surface area contributed by atoms with Gasteiger partial charge >= 0.3 is 0 Å². The fourth-order valence-corrected chi connectivity index (χ4v) is 3.46. The molecule has 0 spiro atoms. The average Bonchev–Trinajstić information content (AvgIpc) is 2.62. The summed E-state index contributed by atoms with van der Waals surface area (Å²) in [4.78, 5) is 19.3. The van der Waals surface area contributed by atoms with Crippen LogP contribution in [0.25, 0.3) is 0 Å². The molecule has 1 amide bonds. The van der Waals surface area contributed by atoms with E-state index >= 15 is 0 Å². The van der Waals surface area contributed by atoms with Crippen LogP contribution in [0.4, 0.5) is 10.1 Å². The first-order valence-electron chi connectivity index (χ1n) is 8.81. The van der Waals surface area contributed by atoms with Crippen LogP contribution in [0.1, 0.15) is 13.8 Å². The van der Waals surface area contributed by atoms with Crippen LogP contribution in [0.3, 0.4) is 0 Å². The van der Waals surface area contributed by atoms with Crippen molar-refractivity contribution < 1.29 is 9.18 Å². The van der Waals surface area contributed by atoms with Crippen LogP contribution in [-0.2, 0) is 4.79 Å². The van der Waals surface area contributed by atoms with E-state index in [0.29, 0.717) is 6.04 Å². The highest BCUT2D eigenvalue weighted by Gasteiger charge is 2.31. The molecule has 2 aliphatic heterocycles. The summed E-state index contributed by atoms with van der Waals surface area (Å²) >= 11 is 0. The van der Waals surface area contributed by atoms with Crippen LogP contribution in [0.5, 0.6) is 0 Å². The summed E-state index contributed by atoms with van der Waals surface area (Å²) < 4.78 is 13.0. The Morgan fingerprint density at radius 2 is 1.79 bits per heavy atom. The normalized spacial score (nSPS) is 22.9. The molecule has 1 atom stereocenters. The van der Waals surface area contributed by atoms with E-state index in [1.165, 1.54) is 12.1 Å². The molecule has 132 valence electrons. The number of carbonyl (C=O) groups excluding carboxylic acids is 1. The van der Waals surface area contributed by atoms with Gasteiger partial charge in [-0.1, -0.05) is 0 Å². The molecule has 1 unspecified atom stereocenters. The van der Waals surface area contributed by atoms with Crippen LogP contribution in [0.15, 0.2) is 24.3 Å². The Kier molecular flexibility index (Phi) is 5.36. The third-order valence-corrected chi connectivity index (χ3v) is 5.02.